The first kappa shape index (κ1) is 14.5. The van der Waals surface area contributed by atoms with Gasteiger partial charge in [0.25, 0.3) is 0 Å². The Morgan fingerprint density at radius 1 is 1.37 bits per heavy atom. The van der Waals surface area contributed by atoms with E-state index in [1.54, 1.807) is 18.2 Å². The maximum Gasteiger partial charge on any atom is 0.240 e. The number of hydrogen-bond acceptors (Lipinski definition) is 4. The van der Waals surface area contributed by atoms with Crippen LogP contribution < -0.4 is 4.72 Å². The average molecular weight is 285 g/mol. The van der Waals surface area contributed by atoms with E-state index in [-0.39, 0.29) is 18.0 Å². The predicted octanol–water partition coefficient (Wildman–Crippen LogP) is 0.733. The summed E-state index contributed by atoms with van der Waals surface area (Å²) in [5, 5.41) is 10.0. The van der Waals surface area contributed by atoms with Crippen LogP contribution in [0.1, 0.15) is 17.5 Å². The third kappa shape index (κ3) is 3.33. The average Bonchev–Trinajstić information content (AvgIpc) is 2.78. The van der Waals surface area contributed by atoms with Crippen LogP contribution in [-0.2, 0) is 14.8 Å². The first-order chi connectivity index (χ1) is 8.82. The molecule has 106 valence electrons. The topological polar surface area (TPSA) is 75.6 Å². The molecule has 1 aromatic carbocycles. The highest BCUT2D eigenvalue weighted by Gasteiger charge is 2.33. The van der Waals surface area contributed by atoms with Gasteiger partial charge in [-0.05, 0) is 37.1 Å². The minimum atomic E-state index is -3.59. The van der Waals surface area contributed by atoms with Gasteiger partial charge in [0.15, 0.2) is 0 Å². The second-order valence-electron chi connectivity index (χ2n) is 5.10. The standard InChI is InChI=1S/C13H19NO4S/c1-10-3-4-12(7-11(10)2)19(16,17)14-8-13(15)5-6-18-9-13/h3-4,7,14-15H,5-6,8-9H2,1-2H3. The van der Waals surface area contributed by atoms with Crippen molar-refractivity contribution in [1.29, 1.82) is 0 Å². The Balaban J connectivity index is 2.11. The van der Waals surface area contributed by atoms with Crippen LogP contribution in [-0.4, -0.2) is 38.9 Å². The number of nitrogens with one attached hydrogen (secondary N) is 1. The van der Waals surface area contributed by atoms with Crippen molar-refractivity contribution in [3.05, 3.63) is 29.3 Å². The molecular weight excluding hydrogens is 266 g/mol. The summed E-state index contributed by atoms with van der Waals surface area (Å²) in [6.07, 6.45) is 0.447. The van der Waals surface area contributed by atoms with Crippen LogP contribution in [0.4, 0.5) is 0 Å². The van der Waals surface area contributed by atoms with Gasteiger partial charge in [0, 0.05) is 19.6 Å². The molecule has 19 heavy (non-hydrogen) atoms. The highest BCUT2D eigenvalue weighted by molar-refractivity contribution is 7.89. The molecule has 1 fully saturated rings. The molecule has 0 saturated carbocycles. The molecular formula is C13H19NO4S. The molecule has 6 heteroatoms. The summed E-state index contributed by atoms with van der Waals surface area (Å²) in [6.45, 7) is 4.40. The number of benzene rings is 1. The maximum atomic E-state index is 12.1. The summed E-state index contributed by atoms with van der Waals surface area (Å²) in [4.78, 5) is 0.220. The predicted molar refractivity (Wildman–Crippen MR) is 71.5 cm³/mol. The van der Waals surface area contributed by atoms with Gasteiger partial charge in [0.2, 0.25) is 10.0 Å². The van der Waals surface area contributed by atoms with Crippen molar-refractivity contribution in [2.24, 2.45) is 0 Å². The Hall–Kier alpha value is -0.950. The molecule has 0 amide bonds. The number of aliphatic hydroxyl groups is 1. The van der Waals surface area contributed by atoms with E-state index in [0.717, 1.165) is 11.1 Å². The highest BCUT2D eigenvalue weighted by atomic mass is 32.2. The maximum absolute atomic E-state index is 12.1. The monoisotopic (exact) mass is 285 g/mol. The van der Waals surface area contributed by atoms with Crippen LogP contribution in [0.15, 0.2) is 23.1 Å². The van der Waals surface area contributed by atoms with Crippen LogP contribution in [0.2, 0.25) is 0 Å². The van der Waals surface area contributed by atoms with Crippen molar-refractivity contribution in [3.8, 4) is 0 Å². The van der Waals surface area contributed by atoms with Gasteiger partial charge in [-0.25, -0.2) is 13.1 Å². The van der Waals surface area contributed by atoms with Gasteiger partial charge in [0.05, 0.1) is 11.5 Å². The van der Waals surface area contributed by atoms with E-state index in [2.05, 4.69) is 4.72 Å². The van der Waals surface area contributed by atoms with Gasteiger partial charge < -0.3 is 9.84 Å². The molecule has 2 rings (SSSR count). The first-order valence-electron chi connectivity index (χ1n) is 6.19. The van der Waals surface area contributed by atoms with Crippen LogP contribution in [0.25, 0.3) is 0 Å². The third-order valence-electron chi connectivity index (χ3n) is 3.46. The van der Waals surface area contributed by atoms with E-state index in [0.29, 0.717) is 13.0 Å². The summed E-state index contributed by atoms with van der Waals surface area (Å²) in [7, 11) is -3.59. The van der Waals surface area contributed by atoms with E-state index < -0.39 is 15.6 Å². The van der Waals surface area contributed by atoms with Crippen molar-refractivity contribution in [2.45, 2.75) is 30.8 Å². The lowest BCUT2D eigenvalue weighted by atomic mass is 10.1. The van der Waals surface area contributed by atoms with Gasteiger partial charge >= 0.3 is 0 Å². The van der Waals surface area contributed by atoms with E-state index in [1.807, 2.05) is 13.8 Å². The van der Waals surface area contributed by atoms with Gasteiger partial charge in [0.1, 0.15) is 5.60 Å². The van der Waals surface area contributed by atoms with E-state index in [1.165, 1.54) is 0 Å². The van der Waals surface area contributed by atoms with E-state index in [9.17, 15) is 13.5 Å². The van der Waals surface area contributed by atoms with Crippen molar-refractivity contribution >= 4 is 10.0 Å². The fourth-order valence-corrected chi connectivity index (χ4v) is 3.13. The number of hydrogen-bond donors (Lipinski definition) is 2. The fraction of sp³-hybridized carbons (Fsp3) is 0.538. The van der Waals surface area contributed by atoms with Crippen molar-refractivity contribution in [3.63, 3.8) is 0 Å². The molecule has 1 aromatic rings. The Morgan fingerprint density at radius 3 is 2.68 bits per heavy atom. The lowest BCUT2D eigenvalue weighted by Crippen LogP contribution is -2.43. The Morgan fingerprint density at radius 2 is 2.11 bits per heavy atom. The van der Waals surface area contributed by atoms with Gasteiger partial charge in [-0.1, -0.05) is 6.07 Å². The largest absolute Gasteiger partial charge is 0.386 e. The molecule has 1 atom stereocenters. The number of sulfonamides is 1. The molecule has 5 nitrogen and oxygen atoms in total. The van der Waals surface area contributed by atoms with Crippen LogP contribution in [0.5, 0.6) is 0 Å². The summed E-state index contributed by atoms with van der Waals surface area (Å²) >= 11 is 0. The van der Waals surface area contributed by atoms with Gasteiger partial charge in [-0.3, -0.25) is 0 Å². The molecule has 1 aliphatic heterocycles. The van der Waals surface area contributed by atoms with Crippen LogP contribution in [0, 0.1) is 13.8 Å². The van der Waals surface area contributed by atoms with E-state index in [4.69, 9.17) is 4.74 Å². The SMILES string of the molecule is Cc1ccc(S(=O)(=O)NCC2(O)CCOC2)cc1C. The van der Waals surface area contributed by atoms with Gasteiger partial charge in [-0.15, -0.1) is 0 Å². The Bertz CT molecular complexity index is 562. The number of aryl methyl sites for hydroxylation is 2. The molecule has 0 aliphatic carbocycles. The summed E-state index contributed by atoms with van der Waals surface area (Å²) in [5.41, 5.74) is 0.875. The molecule has 1 aliphatic rings. The fourth-order valence-electron chi connectivity index (χ4n) is 1.93. The zero-order valence-electron chi connectivity index (χ0n) is 11.1. The minimum absolute atomic E-state index is 0.0255. The molecule has 0 bridgehead atoms. The minimum Gasteiger partial charge on any atom is -0.386 e. The van der Waals surface area contributed by atoms with Crippen LogP contribution >= 0.6 is 0 Å². The molecule has 0 aromatic heterocycles. The highest BCUT2D eigenvalue weighted by Crippen LogP contribution is 2.19. The Kier molecular flexibility index (Phi) is 3.96. The molecule has 1 heterocycles. The molecule has 0 spiro atoms. The normalized spacial score (nSPS) is 23.7. The van der Waals surface area contributed by atoms with Crippen LogP contribution in [0.3, 0.4) is 0 Å². The summed E-state index contributed by atoms with van der Waals surface area (Å²) < 4.78 is 31.8. The summed E-state index contributed by atoms with van der Waals surface area (Å²) in [5.74, 6) is 0. The zero-order chi connectivity index (χ0) is 14.1. The lowest BCUT2D eigenvalue weighted by Gasteiger charge is -2.20. The zero-order valence-corrected chi connectivity index (χ0v) is 12.0. The molecule has 2 N–H and O–H groups in total. The summed E-state index contributed by atoms with van der Waals surface area (Å²) in [6, 6.07) is 4.98. The van der Waals surface area contributed by atoms with Crippen molar-refractivity contribution in [2.75, 3.05) is 19.8 Å². The number of rotatable bonds is 4. The quantitative estimate of drug-likeness (QED) is 0.855. The number of ether oxygens (including phenoxy) is 1. The second-order valence-corrected chi connectivity index (χ2v) is 6.86. The van der Waals surface area contributed by atoms with Crippen molar-refractivity contribution < 1.29 is 18.3 Å². The second kappa shape index (κ2) is 5.20. The first-order valence-corrected chi connectivity index (χ1v) is 7.68. The molecule has 0 radical (unpaired) electrons. The van der Waals surface area contributed by atoms with Gasteiger partial charge in [-0.2, -0.15) is 0 Å². The van der Waals surface area contributed by atoms with E-state index >= 15 is 0 Å². The smallest absolute Gasteiger partial charge is 0.240 e. The lowest BCUT2D eigenvalue weighted by molar-refractivity contribution is 0.0314. The molecule has 1 saturated heterocycles. The molecule has 1 unspecified atom stereocenters. The van der Waals surface area contributed by atoms with Crippen molar-refractivity contribution in [1.82, 2.24) is 4.72 Å². The Labute approximate surface area is 113 Å². The third-order valence-corrected chi connectivity index (χ3v) is 4.86.